The first-order chi connectivity index (χ1) is 14.2. The molecule has 1 aromatic carbocycles. The Morgan fingerprint density at radius 3 is 2.17 bits per heavy atom. The summed E-state index contributed by atoms with van der Waals surface area (Å²) in [6.07, 6.45) is 15.5. The Balaban J connectivity index is 1.62. The summed E-state index contributed by atoms with van der Waals surface area (Å²) in [5, 5.41) is 3.07. The summed E-state index contributed by atoms with van der Waals surface area (Å²) in [7, 11) is -1.09. The van der Waals surface area contributed by atoms with Crippen molar-refractivity contribution in [1.29, 1.82) is 0 Å². The maximum Gasteiger partial charge on any atom is 0.248 e. The average Bonchev–Trinajstić information content (AvgIpc) is 3.23. The average molecular weight is 418 g/mol. The zero-order chi connectivity index (χ0) is 20.7. The van der Waals surface area contributed by atoms with E-state index in [0.29, 0.717) is 5.75 Å². The number of carbonyl (C=O) groups is 1. The molecule has 0 aromatic heterocycles. The molecule has 1 aliphatic rings. The van der Waals surface area contributed by atoms with Gasteiger partial charge in [-0.2, -0.15) is 0 Å². The number of hydrogen-bond acceptors (Lipinski definition) is 2. The van der Waals surface area contributed by atoms with E-state index >= 15 is 0 Å². The summed E-state index contributed by atoms with van der Waals surface area (Å²) in [6.45, 7) is 2.99. The first-order valence-corrected chi connectivity index (χ1v) is 13.0. The van der Waals surface area contributed by atoms with E-state index in [-0.39, 0.29) is 5.91 Å². The molecule has 29 heavy (non-hydrogen) atoms. The van der Waals surface area contributed by atoms with Gasteiger partial charge >= 0.3 is 0 Å². The topological polar surface area (TPSA) is 46.2 Å². The van der Waals surface area contributed by atoms with Crippen molar-refractivity contribution in [2.75, 3.05) is 6.54 Å². The van der Waals surface area contributed by atoms with Gasteiger partial charge in [0.2, 0.25) is 5.91 Å². The fourth-order valence-corrected chi connectivity index (χ4v) is 5.45. The third kappa shape index (κ3) is 9.29. The maximum atomic E-state index is 12.8. The fourth-order valence-electron chi connectivity index (χ4n) is 3.94. The molecule has 0 heterocycles. The molecular formula is C25H39NO2S. The highest BCUT2D eigenvalue weighted by Crippen LogP contribution is 2.30. The van der Waals surface area contributed by atoms with Crippen molar-refractivity contribution in [1.82, 2.24) is 5.32 Å². The normalized spacial score (nSPS) is 14.9. The van der Waals surface area contributed by atoms with Crippen LogP contribution in [-0.2, 0) is 21.3 Å². The van der Waals surface area contributed by atoms with E-state index in [1.165, 1.54) is 57.8 Å². The lowest BCUT2D eigenvalue weighted by molar-refractivity contribution is -0.117. The Hall–Kier alpha value is -1.42. The molecule has 3 nitrogen and oxygen atoms in total. The standard InChI is InChI=1S/C25H39NO2S/c1-2-3-4-5-6-7-8-9-10-14-20-26-25(27)23-18-15-19-24(23)29(28)21-22-16-12-11-13-17-22/h11-13,16-17H,2-10,14-15,18-21H2,1H3,(H,26,27). The highest BCUT2D eigenvalue weighted by atomic mass is 32.2. The Morgan fingerprint density at radius 1 is 0.897 bits per heavy atom. The van der Waals surface area contributed by atoms with Crippen LogP contribution in [-0.4, -0.2) is 16.7 Å². The number of amides is 1. The molecule has 0 saturated carbocycles. The van der Waals surface area contributed by atoms with Crippen LogP contribution in [0, 0.1) is 0 Å². The Bertz CT molecular complexity index is 654. The van der Waals surface area contributed by atoms with Crippen molar-refractivity contribution in [3.8, 4) is 0 Å². The van der Waals surface area contributed by atoms with Gasteiger partial charge in [-0.3, -0.25) is 9.00 Å². The molecule has 162 valence electrons. The molecule has 1 amide bonds. The lowest BCUT2D eigenvalue weighted by atomic mass is 10.1. The van der Waals surface area contributed by atoms with Crippen molar-refractivity contribution in [2.45, 2.75) is 96.1 Å². The summed E-state index contributed by atoms with van der Waals surface area (Å²) < 4.78 is 12.8. The van der Waals surface area contributed by atoms with E-state index in [2.05, 4.69) is 12.2 Å². The van der Waals surface area contributed by atoms with Gasteiger partial charge in [-0.25, -0.2) is 0 Å². The minimum absolute atomic E-state index is 0.00911. The third-order valence-corrected chi connectivity index (χ3v) is 7.27. The van der Waals surface area contributed by atoms with Crippen LogP contribution in [0.3, 0.4) is 0 Å². The number of allylic oxidation sites excluding steroid dienone is 1. The summed E-state index contributed by atoms with van der Waals surface area (Å²) >= 11 is 0. The van der Waals surface area contributed by atoms with Gasteiger partial charge < -0.3 is 5.32 Å². The molecule has 1 unspecified atom stereocenters. The number of unbranched alkanes of at least 4 members (excludes halogenated alkanes) is 9. The Morgan fingerprint density at radius 2 is 1.52 bits per heavy atom. The Kier molecular flexibility index (Phi) is 12.0. The van der Waals surface area contributed by atoms with E-state index in [4.69, 9.17) is 0 Å². The predicted octanol–water partition coefficient (Wildman–Crippen LogP) is 6.41. The van der Waals surface area contributed by atoms with Gasteiger partial charge in [0, 0.05) is 17.0 Å². The lowest BCUT2D eigenvalue weighted by Crippen LogP contribution is -2.26. The quantitative estimate of drug-likeness (QED) is 0.335. The van der Waals surface area contributed by atoms with Crippen LogP contribution >= 0.6 is 0 Å². The van der Waals surface area contributed by atoms with Crippen LogP contribution in [0.4, 0.5) is 0 Å². The van der Waals surface area contributed by atoms with E-state index < -0.39 is 10.8 Å². The molecular weight excluding hydrogens is 378 g/mol. The minimum Gasteiger partial charge on any atom is -0.352 e. The van der Waals surface area contributed by atoms with Gasteiger partial charge in [0.1, 0.15) is 0 Å². The molecule has 0 bridgehead atoms. The van der Waals surface area contributed by atoms with Crippen molar-refractivity contribution < 1.29 is 9.00 Å². The van der Waals surface area contributed by atoms with Crippen LogP contribution in [0.2, 0.25) is 0 Å². The van der Waals surface area contributed by atoms with E-state index in [1.54, 1.807) is 0 Å². The highest BCUT2D eigenvalue weighted by molar-refractivity contribution is 7.88. The van der Waals surface area contributed by atoms with Crippen LogP contribution < -0.4 is 5.32 Å². The summed E-state index contributed by atoms with van der Waals surface area (Å²) in [6, 6.07) is 9.90. The molecule has 0 radical (unpaired) electrons. The fraction of sp³-hybridized carbons (Fsp3) is 0.640. The summed E-state index contributed by atoms with van der Waals surface area (Å²) in [5.74, 6) is 0.514. The first-order valence-electron chi connectivity index (χ1n) is 11.6. The van der Waals surface area contributed by atoms with E-state index in [0.717, 1.165) is 48.3 Å². The van der Waals surface area contributed by atoms with Crippen LogP contribution in [0.15, 0.2) is 40.8 Å². The number of benzene rings is 1. The number of nitrogens with one attached hydrogen (secondary N) is 1. The first kappa shape index (κ1) is 23.9. The Labute approximate surface area is 180 Å². The minimum atomic E-state index is -1.09. The predicted molar refractivity (Wildman–Crippen MR) is 124 cm³/mol. The molecule has 1 aromatic rings. The number of carbonyl (C=O) groups excluding carboxylic acids is 1. The van der Waals surface area contributed by atoms with Gasteiger partial charge in [0.25, 0.3) is 0 Å². The summed E-state index contributed by atoms with van der Waals surface area (Å²) in [4.78, 5) is 13.4. The second kappa shape index (κ2) is 14.5. The largest absolute Gasteiger partial charge is 0.352 e. The van der Waals surface area contributed by atoms with Crippen molar-refractivity contribution in [3.63, 3.8) is 0 Å². The second-order valence-corrected chi connectivity index (χ2v) is 9.64. The molecule has 0 aliphatic heterocycles. The van der Waals surface area contributed by atoms with Crippen LogP contribution in [0.5, 0.6) is 0 Å². The second-order valence-electron chi connectivity index (χ2n) is 8.17. The molecule has 2 rings (SSSR count). The number of hydrogen-bond donors (Lipinski definition) is 1. The molecule has 1 aliphatic carbocycles. The summed E-state index contributed by atoms with van der Waals surface area (Å²) in [5.41, 5.74) is 1.85. The van der Waals surface area contributed by atoms with E-state index in [1.807, 2.05) is 30.3 Å². The van der Waals surface area contributed by atoms with Gasteiger partial charge in [0.15, 0.2) is 0 Å². The van der Waals surface area contributed by atoms with Crippen molar-refractivity contribution in [2.24, 2.45) is 0 Å². The monoisotopic (exact) mass is 417 g/mol. The van der Waals surface area contributed by atoms with E-state index in [9.17, 15) is 9.00 Å². The molecule has 0 spiro atoms. The smallest absolute Gasteiger partial charge is 0.248 e. The molecule has 1 atom stereocenters. The molecule has 0 fully saturated rings. The lowest BCUT2D eigenvalue weighted by Gasteiger charge is -2.09. The molecule has 4 heteroatoms. The van der Waals surface area contributed by atoms with Gasteiger partial charge in [-0.15, -0.1) is 0 Å². The maximum absolute atomic E-state index is 12.8. The molecule has 0 saturated heterocycles. The van der Waals surface area contributed by atoms with Crippen LogP contribution in [0.1, 0.15) is 96.0 Å². The zero-order valence-corrected chi connectivity index (χ0v) is 19.0. The highest BCUT2D eigenvalue weighted by Gasteiger charge is 2.24. The SMILES string of the molecule is CCCCCCCCCCCCNC(=O)C1=C(S(=O)Cc2ccccc2)CCC1. The van der Waals surface area contributed by atoms with Crippen molar-refractivity contribution in [3.05, 3.63) is 46.4 Å². The van der Waals surface area contributed by atoms with Crippen LogP contribution in [0.25, 0.3) is 0 Å². The molecule has 1 N–H and O–H groups in total. The van der Waals surface area contributed by atoms with Gasteiger partial charge in [0.05, 0.1) is 16.6 Å². The third-order valence-electron chi connectivity index (χ3n) is 5.67. The zero-order valence-electron chi connectivity index (χ0n) is 18.2. The number of rotatable bonds is 15. The van der Waals surface area contributed by atoms with Crippen molar-refractivity contribution >= 4 is 16.7 Å². The van der Waals surface area contributed by atoms with Gasteiger partial charge in [-0.05, 0) is 31.2 Å². The van der Waals surface area contributed by atoms with Gasteiger partial charge in [-0.1, -0.05) is 95.0 Å².